The predicted octanol–water partition coefficient (Wildman–Crippen LogP) is 4.61. The second-order valence-electron chi connectivity index (χ2n) is 7.84. The molecule has 0 radical (unpaired) electrons. The SMILES string of the molecule is C(/C=C/c1cc2cc(C3=NCCN3)ccc2o1)=C\c1cc2cc(C3=NCCN3)ccc2o1. The van der Waals surface area contributed by atoms with Crippen LogP contribution in [-0.4, -0.2) is 37.9 Å². The summed E-state index contributed by atoms with van der Waals surface area (Å²) < 4.78 is 11.9. The Labute approximate surface area is 185 Å². The number of amidine groups is 2. The van der Waals surface area contributed by atoms with Gasteiger partial charge in [-0.1, -0.05) is 12.2 Å². The summed E-state index contributed by atoms with van der Waals surface area (Å²) in [4.78, 5) is 8.97. The summed E-state index contributed by atoms with van der Waals surface area (Å²) in [5, 5.41) is 8.75. The Morgan fingerprint density at radius 2 is 1.16 bits per heavy atom. The molecule has 0 atom stereocenters. The first-order chi connectivity index (χ1) is 15.8. The molecule has 2 aromatic heterocycles. The highest BCUT2D eigenvalue weighted by Crippen LogP contribution is 2.24. The van der Waals surface area contributed by atoms with E-state index in [1.165, 1.54) is 0 Å². The highest BCUT2D eigenvalue weighted by Gasteiger charge is 2.11. The van der Waals surface area contributed by atoms with Gasteiger partial charge in [0.05, 0.1) is 13.1 Å². The number of aliphatic imine (C=N–C) groups is 2. The fourth-order valence-corrected chi connectivity index (χ4v) is 4.07. The minimum Gasteiger partial charge on any atom is -0.457 e. The molecule has 0 spiro atoms. The van der Waals surface area contributed by atoms with Crippen LogP contribution in [0, 0.1) is 0 Å². The van der Waals surface area contributed by atoms with E-state index in [0.29, 0.717) is 0 Å². The van der Waals surface area contributed by atoms with Crippen molar-refractivity contribution in [1.82, 2.24) is 10.6 Å². The van der Waals surface area contributed by atoms with E-state index in [4.69, 9.17) is 8.83 Å². The van der Waals surface area contributed by atoms with E-state index in [2.05, 4.69) is 32.8 Å². The van der Waals surface area contributed by atoms with Crippen LogP contribution in [0.15, 0.2) is 79.5 Å². The molecule has 0 aliphatic carbocycles. The minimum atomic E-state index is 0.808. The van der Waals surface area contributed by atoms with Gasteiger partial charge in [0.25, 0.3) is 0 Å². The zero-order valence-electron chi connectivity index (χ0n) is 17.5. The summed E-state index contributed by atoms with van der Waals surface area (Å²) in [6.07, 6.45) is 7.81. The molecule has 0 amide bonds. The van der Waals surface area contributed by atoms with Crippen molar-refractivity contribution < 1.29 is 8.83 Å². The Hall–Kier alpha value is -4.06. The number of nitrogens with zero attached hydrogens (tertiary/aromatic N) is 2. The maximum Gasteiger partial charge on any atom is 0.134 e. The molecular formula is C26H22N4O2. The van der Waals surface area contributed by atoms with Gasteiger partial charge in [-0.3, -0.25) is 9.98 Å². The largest absolute Gasteiger partial charge is 0.457 e. The molecule has 4 aromatic rings. The molecule has 2 aliphatic rings. The van der Waals surface area contributed by atoms with Crippen LogP contribution in [0.2, 0.25) is 0 Å². The van der Waals surface area contributed by atoms with Crippen LogP contribution < -0.4 is 10.6 Å². The van der Waals surface area contributed by atoms with E-state index in [1.807, 2.05) is 60.7 Å². The molecule has 2 aromatic carbocycles. The number of nitrogens with one attached hydrogen (secondary N) is 2. The number of benzene rings is 2. The highest BCUT2D eigenvalue weighted by atomic mass is 16.3. The van der Waals surface area contributed by atoms with Gasteiger partial charge in [0.2, 0.25) is 0 Å². The van der Waals surface area contributed by atoms with Gasteiger partial charge in [-0.2, -0.15) is 0 Å². The number of fused-ring (bicyclic) bond motifs is 2. The molecule has 4 heterocycles. The van der Waals surface area contributed by atoms with Crippen LogP contribution in [0.3, 0.4) is 0 Å². The smallest absolute Gasteiger partial charge is 0.134 e. The molecule has 0 fully saturated rings. The van der Waals surface area contributed by atoms with Gasteiger partial charge in [-0.05, 0) is 60.7 Å². The van der Waals surface area contributed by atoms with Crippen molar-refractivity contribution in [2.24, 2.45) is 9.98 Å². The van der Waals surface area contributed by atoms with Crippen LogP contribution in [0.5, 0.6) is 0 Å². The first-order valence-electron chi connectivity index (χ1n) is 10.8. The van der Waals surface area contributed by atoms with Crippen molar-refractivity contribution in [3.8, 4) is 0 Å². The highest BCUT2D eigenvalue weighted by molar-refractivity contribution is 6.03. The first-order valence-corrected chi connectivity index (χ1v) is 10.8. The lowest BCUT2D eigenvalue weighted by molar-refractivity contribution is 0.603. The van der Waals surface area contributed by atoms with E-state index < -0.39 is 0 Å². The Bertz CT molecular complexity index is 1320. The standard InChI is InChI=1S/C26H22N4O2/c1(3-21-15-19-13-17(5-7-23(19)31-21)25-27-9-10-28-25)2-4-22-16-20-14-18(6-8-24(20)32-22)26-29-11-12-30-26/h1-8,13-16H,9-12H2,(H,27,28)(H,29,30)/b3-1+,4-2+. The topological polar surface area (TPSA) is 75.1 Å². The number of hydrogen-bond acceptors (Lipinski definition) is 6. The number of furan rings is 2. The predicted molar refractivity (Wildman–Crippen MR) is 129 cm³/mol. The first kappa shape index (κ1) is 18.7. The normalized spacial score (nSPS) is 16.2. The Balaban J connectivity index is 1.18. The van der Waals surface area contributed by atoms with E-state index >= 15 is 0 Å². The van der Waals surface area contributed by atoms with Crippen molar-refractivity contribution in [1.29, 1.82) is 0 Å². The van der Waals surface area contributed by atoms with E-state index in [-0.39, 0.29) is 0 Å². The zero-order chi connectivity index (χ0) is 21.3. The van der Waals surface area contributed by atoms with Crippen molar-refractivity contribution in [3.05, 3.63) is 83.3 Å². The number of allylic oxidation sites excluding steroid dienone is 2. The molecular weight excluding hydrogens is 400 g/mol. The second-order valence-corrected chi connectivity index (χ2v) is 7.84. The van der Waals surface area contributed by atoms with E-state index in [9.17, 15) is 0 Å². The number of hydrogen-bond donors (Lipinski definition) is 2. The van der Waals surface area contributed by atoms with Crippen molar-refractivity contribution in [2.75, 3.05) is 26.2 Å². The minimum absolute atomic E-state index is 0.808. The van der Waals surface area contributed by atoms with Crippen LogP contribution in [0.1, 0.15) is 22.6 Å². The zero-order valence-corrected chi connectivity index (χ0v) is 17.5. The molecule has 2 aliphatic heterocycles. The molecule has 2 N–H and O–H groups in total. The monoisotopic (exact) mass is 422 g/mol. The lowest BCUT2D eigenvalue weighted by Crippen LogP contribution is -2.19. The van der Waals surface area contributed by atoms with Gasteiger partial charge in [0.1, 0.15) is 34.4 Å². The lowest BCUT2D eigenvalue weighted by Gasteiger charge is -2.01. The third-order valence-corrected chi connectivity index (χ3v) is 5.60. The molecule has 6 nitrogen and oxygen atoms in total. The van der Waals surface area contributed by atoms with Gasteiger partial charge in [-0.25, -0.2) is 0 Å². The molecule has 32 heavy (non-hydrogen) atoms. The summed E-state index contributed by atoms with van der Waals surface area (Å²) in [7, 11) is 0. The second kappa shape index (κ2) is 7.89. The lowest BCUT2D eigenvalue weighted by atomic mass is 10.1. The van der Waals surface area contributed by atoms with Crippen LogP contribution in [-0.2, 0) is 0 Å². The summed E-state index contributed by atoms with van der Waals surface area (Å²) in [5.74, 6) is 3.53. The molecule has 0 bridgehead atoms. The number of rotatable bonds is 5. The van der Waals surface area contributed by atoms with Crippen LogP contribution in [0.25, 0.3) is 34.1 Å². The Morgan fingerprint density at radius 3 is 1.59 bits per heavy atom. The fourth-order valence-electron chi connectivity index (χ4n) is 4.07. The average Bonchev–Trinajstić information content (AvgIpc) is 3.61. The van der Waals surface area contributed by atoms with Gasteiger partial charge < -0.3 is 19.5 Å². The van der Waals surface area contributed by atoms with Gasteiger partial charge in [0, 0.05) is 35.0 Å². The summed E-state index contributed by atoms with van der Waals surface area (Å²) in [6.45, 7) is 3.46. The average molecular weight is 422 g/mol. The van der Waals surface area contributed by atoms with Crippen molar-refractivity contribution >= 4 is 45.8 Å². The van der Waals surface area contributed by atoms with Crippen molar-refractivity contribution in [3.63, 3.8) is 0 Å². The van der Waals surface area contributed by atoms with Crippen LogP contribution in [0.4, 0.5) is 0 Å². The van der Waals surface area contributed by atoms with Crippen molar-refractivity contribution in [2.45, 2.75) is 0 Å². The van der Waals surface area contributed by atoms with Gasteiger partial charge in [0.15, 0.2) is 0 Å². The van der Waals surface area contributed by atoms with Gasteiger partial charge in [-0.15, -0.1) is 0 Å². The fraction of sp³-hybridized carbons (Fsp3) is 0.154. The molecule has 158 valence electrons. The molecule has 6 heteroatoms. The Kier molecular flexibility index (Phi) is 4.61. The molecule has 0 saturated carbocycles. The molecule has 0 saturated heterocycles. The summed E-state index contributed by atoms with van der Waals surface area (Å²) in [6, 6.07) is 16.4. The van der Waals surface area contributed by atoms with Crippen LogP contribution >= 0.6 is 0 Å². The third-order valence-electron chi connectivity index (χ3n) is 5.60. The quantitative estimate of drug-likeness (QED) is 0.461. The van der Waals surface area contributed by atoms with E-state index in [1.54, 1.807) is 0 Å². The molecule has 6 rings (SSSR count). The Morgan fingerprint density at radius 1 is 0.656 bits per heavy atom. The summed E-state index contributed by atoms with van der Waals surface area (Å²) in [5.41, 5.74) is 3.92. The van der Waals surface area contributed by atoms with Gasteiger partial charge >= 0.3 is 0 Å². The van der Waals surface area contributed by atoms with E-state index in [0.717, 1.165) is 82.4 Å². The molecule has 0 unspecified atom stereocenters. The maximum absolute atomic E-state index is 5.93. The maximum atomic E-state index is 5.93. The third kappa shape index (κ3) is 3.60. The summed E-state index contributed by atoms with van der Waals surface area (Å²) >= 11 is 0.